The van der Waals surface area contributed by atoms with Gasteiger partial charge in [-0.2, -0.15) is 0 Å². The van der Waals surface area contributed by atoms with Crippen LogP contribution in [-0.4, -0.2) is 41.4 Å². The monoisotopic (exact) mass is 240 g/mol. The largest absolute Gasteiger partial charge is 0.465 e. The number of hydrogen-bond acceptors (Lipinski definition) is 5. The van der Waals surface area contributed by atoms with Crippen LogP contribution < -0.4 is 5.73 Å². The fourth-order valence-corrected chi connectivity index (χ4v) is 2.09. The summed E-state index contributed by atoms with van der Waals surface area (Å²) in [5.74, 6) is -1.34. The molecule has 1 heterocycles. The van der Waals surface area contributed by atoms with E-state index in [0.717, 1.165) is 4.90 Å². The number of carbonyl (C=O) groups is 3. The number of nitrogens with two attached hydrogens (primary N) is 1. The molecular formula is C11H16N2O4. The van der Waals surface area contributed by atoms with Gasteiger partial charge in [0.25, 0.3) is 0 Å². The van der Waals surface area contributed by atoms with E-state index in [1.165, 1.54) is 6.92 Å². The Morgan fingerprint density at radius 3 is 2.47 bits per heavy atom. The maximum Gasteiger partial charge on any atom is 0.327 e. The predicted octanol–water partition coefficient (Wildman–Crippen LogP) is -0.728. The molecule has 17 heavy (non-hydrogen) atoms. The highest BCUT2D eigenvalue weighted by Gasteiger charge is 2.59. The molecule has 1 saturated heterocycles. The van der Waals surface area contributed by atoms with Crippen molar-refractivity contribution in [2.75, 3.05) is 13.2 Å². The van der Waals surface area contributed by atoms with Gasteiger partial charge in [-0.1, -0.05) is 0 Å². The molecular weight excluding hydrogens is 224 g/mol. The smallest absolute Gasteiger partial charge is 0.327 e. The topological polar surface area (TPSA) is 89.7 Å². The van der Waals surface area contributed by atoms with Crippen molar-refractivity contribution in [3.05, 3.63) is 0 Å². The highest BCUT2D eigenvalue weighted by molar-refractivity contribution is 6.09. The minimum atomic E-state index is -1.34. The lowest BCUT2D eigenvalue weighted by Gasteiger charge is -2.27. The molecule has 0 spiro atoms. The molecule has 1 saturated carbocycles. The van der Waals surface area contributed by atoms with Gasteiger partial charge in [-0.15, -0.1) is 0 Å². The molecule has 0 aromatic rings. The molecule has 0 bridgehead atoms. The Hall–Kier alpha value is -1.43. The number of ether oxygens (including phenoxy) is 1. The van der Waals surface area contributed by atoms with Crippen molar-refractivity contribution in [3.8, 4) is 0 Å². The van der Waals surface area contributed by atoms with Gasteiger partial charge in [0, 0.05) is 0 Å². The Morgan fingerprint density at radius 2 is 2.00 bits per heavy atom. The summed E-state index contributed by atoms with van der Waals surface area (Å²) in [6.07, 6.45) is 0.648. The van der Waals surface area contributed by atoms with Gasteiger partial charge < -0.3 is 10.5 Å². The molecule has 0 radical (unpaired) electrons. The van der Waals surface area contributed by atoms with Crippen LogP contribution in [0.25, 0.3) is 0 Å². The molecule has 3 atom stereocenters. The molecule has 2 N–H and O–H groups in total. The van der Waals surface area contributed by atoms with E-state index in [-0.39, 0.29) is 36.8 Å². The predicted molar refractivity (Wildman–Crippen MR) is 57.5 cm³/mol. The van der Waals surface area contributed by atoms with Crippen molar-refractivity contribution in [3.63, 3.8) is 0 Å². The second-order valence-electron chi connectivity index (χ2n) is 4.85. The second kappa shape index (κ2) is 3.80. The van der Waals surface area contributed by atoms with E-state index in [2.05, 4.69) is 0 Å². The van der Waals surface area contributed by atoms with Crippen molar-refractivity contribution in [1.29, 1.82) is 0 Å². The number of rotatable bonds is 4. The van der Waals surface area contributed by atoms with Gasteiger partial charge in [-0.05, 0) is 20.3 Å². The summed E-state index contributed by atoms with van der Waals surface area (Å²) in [5, 5.41) is 0. The molecule has 0 aromatic carbocycles. The molecule has 0 aromatic heterocycles. The number of hydrogen-bond donors (Lipinski definition) is 1. The lowest BCUT2D eigenvalue weighted by atomic mass is 10.0. The third-order valence-corrected chi connectivity index (χ3v) is 3.19. The maximum atomic E-state index is 11.7. The zero-order valence-corrected chi connectivity index (χ0v) is 9.93. The van der Waals surface area contributed by atoms with Crippen LogP contribution in [-0.2, 0) is 19.1 Å². The quantitative estimate of drug-likeness (QED) is 0.517. The average Bonchev–Trinajstić information content (AvgIpc) is 3.00. The molecule has 6 heteroatoms. The Labute approximate surface area is 99.1 Å². The lowest BCUT2D eigenvalue weighted by Crippen LogP contribution is -2.56. The van der Waals surface area contributed by atoms with Crippen molar-refractivity contribution in [2.45, 2.75) is 25.8 Å². The third kappa shape index (κ3) is 1.93. The first kappa shape index (κ1) is 12.0. The van der Waals surface area contributed by atoms with Crippen molar-refractivity contribution < 1.29 is 19.1 Å². The Balaban J connectivity index is 2.03. The van der Waals surface area contributed by atoms with E-state index in [1.807, 2.05) is 0 Å². The molecule has 2 fully saturated rings. The van der Waals surface area contributed by atoms with E-state index in [0.29, 0.717) is 6.42 Å². The van der Waals surface area contributed by atoms with Crippen LogP contribution in [0.1, 0.15) is 20.3 Å². The SMILES string of the molecule is CCOC(=O)C(C)(N)CN1C(=O)C2CC2C1=O. The molecule has 6 nitrogen and oxygen atoms in total. The summed E-state index contributed by atoms with van der Waals surface area (Å²) >= 11 is 0. The Morgan fingerprint density at radius 1 is 1.47 bits per heavy atom. The van der Waals surface area contributed by atoms with E-state index in [4.69, 9.17) is 10.5 Å². The van der Waals surface area contributed by atoms with Gasteiger partial charge >= 0.3 is 5.97 Å². The van der Waals surface area contributed by atoms with E-state index in [9.17, 15) is 14.4 Å². The van der Waals surface area contributed by atoms with Gasteiger partial charge in [-0.3, -0.25) is 14.5 Å². The number of nitrogens with zero attached hydrogens (tertiary/aromatic N) is 1. The second-order valence-corrected chi connectivity index (χ2v) is 4.85. The number of amides is 2. The van der Waals surface area contributed by atoms with Crippen LogP contribution >= 0.6 is 0 Å². The summed E-state index contributed by atoms with van der Waals surface area (Å²) in [5.41, 5.74) is 4.46. The molecule has 94 valence electrons. The standard InChI is InChI=1S/C11H16N2O4/c1-3-17-10(16)11(2,12)5-13-8(14)6-4-7(6)9(13)15/h6-7H,3-5,12H2,1-2H3. The average molecular weight is 240 g/mol. The summed E-state index contributed by atoms with van der Waals surface area (Å²) in [7, 11) is 0. The maximum absolute atomic E-state index is 11.7. The number of fused-ring (bicyclic) bond motifs is 1. The summed E-state index contributed by atoms with van der Waals surface area (Å²) in [6, 6.07) is 0. The normalized spacial score (nSPS) is 29.9. The molecule has 3 unspecified atom stereocenters. The summed E-state index contributed by atoms with van der Waals surface area (Å²) in [4.78, 5) is 36.1. The highest BCUT2D eigenvalue weighted by Crippen LogP contribution is 2.47. The first-order valence-corrected chi connectivity index (χ1v) is 5.70. The summed E-state index contributed by atoms with van der Waals surface area (Å²) in [6.45, 7) is 3.26. The first-order chi connectivity index (χ1) is 7.88. The van der Waals surface area contributed by atoms with Crippen molar-refractivity contribution in [1.82, 2.24) is 4.90 Å². The van der Waals surface area contributed by atoms with Crippen LogP contribution in [0.3, 0.4) is 0 Å². The van der Waals surface area contributed by atoms with Gasteiger partial charge in [0.1, 0.15) is 5.54 Å². The zero-order valence-electron chi connectivity index (χ0n) is 9.93. The van der Waals surface area contributed by atoms with Crippen LogP contribution in [0, 0.1) is 11.8 Å². The number of piperidine rings is 1. The number of imide groups is 1. The highest BCUT2D eigenvalue weighted by atomic mass is 16.5. The minimum Gasteiger partial charge on any atom is -0.465 e. The molecule has 2 rings (SSSR count). The lowest BCUT2D eigenvalue weighted by molar-refractivity contribution is -0.152. The number of esters is 1. The fourth-order valence-electron chi connectivity index (χ4n) is 2.09. The van der Waals surface area contributed by atoms with Crippen LogP contribution in [0.5, 0.6) is 0 Å². The first-order valence-electron chi connectivity index (χ1n) is 5.70. The van der Waals surface area contributed by atoms with E-state index < -0.39 is 11.5 Å². The van der Waals surface area contributed by atoms with Crippen LogP contribution in [0.15, 0.2) is 0 Å². The molecule has 2 aliphatic rings. The van der Waals surface area contributed by atoms with Gasteiger partial charge in [0.15, 0.2) is 0 Å². The van der Waals surface area contributed by atoms with E-state index in [1.54, 1.807) is 6.92 Å². The third-order valence-electron chi connectivity index (χ3n) is 3.19. The summed E-state index contributed by atoms with van der Waals surface area (Å²) < 4.78 is 4.81. The number of likely N-dealkylation sites (tertiary alicyclic amines) is 1. The Bertz CT molecular complexity index is 371. The molecule has 2 amide bonds. The van der Waals surface area contributed by atoms with Gasteiger partial charge in [0.05, 0.1) is 25.0 Å². The fraction of sp³-hybridized carbons (Fsp3) is 0.727. The minimum absolute atomic E-state index is 0.101. The van der Waals surface area contributed by atoms with Gasteiger partial charge in [-0.25, -0.2) is 4.79 Å². The Kier molecular flexibility index (Phi) is 2.69. The van der Waals surface area contributed by atoms with Gasteiger partial charge in [0.2, 0.25) is 11.8 Å². The zero-order chi connectivity index (χ0) is 12.8. The van der Waals surface area contributed by atoms with Crippen LogP contribution in [0.4, 0.5) is 0 Å². The van der Waals surface area contributed by atoms with Crippen LogP contribution in [0.2, 0.25) is 0 Å². The molecule has 1 aliphatic heterocycles. The number of carbonyl (C=O) groups excluding carboxylic acids is 3. The van der Waals surface area contributed by atoms with Crippen molar-refractivity contribution >= 4 is 17.8 Å². The van der Waals surface area contributed by atoms with E-state index >= 15 is 0 Å². The molecule has 1 aliphatic carbocycles. The van der Waals surface area contributed by atoms with Crippen molar-refractivity contribution in [2.24, 2.45) is 17.6 Å².